The summed E-state index contributed by atoms with van der Waals surface area (Å²) in [6.07, 6.45) is 0. The van der Waals surface area contributed by atoms with Gasteiger partial charge in [-0.05, 0) is 43.2 Å². The molecule has 1 aliphatic heterocycles. The SMILES string of the molecule is Cc1cc(C)c2oc(=O)cc(C[NH+]3CCN(c4ccccc4)CC3)c2c1. The number of fused-ring (bicyclic) bond motifs is 1. The summed E-state index contributed by atoms with van der Waals surface area (Å²) >= 11 is 0. The van der Waals surface area contributed by atoms with Crippen LogP contribution in [0.4, 0.5) is 5.69 Å². The van der Waals surface area contributed by atoms with E-state index in [2.05, 4.69) is 54.3 Å². The molecule has 0 unspecified atom stereocenters. The Bertz CT molecular complexity index is 971. The molecule has 3 aromatic rings. The van der Waals surface area contributed by atoms with Gasteiger partial charge in [0.1, 0.15) is 12.1 Å². The number of aryl methyl sites for hydroxylation is 2. The molecular formula is C22H25N2O2+. The second-order valence-electron chi connectivity index (χ2n) is 7.30. The number of rotatable bonds is 3. The third kappa shape index (κ3) is 3.37. The van der Waals surface area contributed by atoms with E-state index < -0.39 is 0 Å². The van der Waals surface area contributed by atoms with Gasteiger partial charge >= 0.3 is 5.63 Å². The van der Waals surface area contributed by atoms with E-state index >= 15 is 0 Å². The molecule has 4 heteroatoms. The first-order valence-electron chi connectivity index (χ1n) is 9.28. The zero-order valence-electron chi connectivity index (χ0n) is 15.4. The van der Waals surface area contributed by atoms with Crippen LogP contribution < -0.4 is 15.4 Å². The summed E-state index contributed by atoms with van der Waals surface area (Å²) in [5.41, 5.74) is 5.12. The predicted octanol–water partition coefficient (Wildman–Crippen LogP) is 2.31. The van der Waals surface area contributed by atoms with Crippen molar-refractivity contribution >= 4 is 16.7 Å². The topological polar surface area (TPSA) is 37.9 Å². The van der Waals surface area contributed by atoms with Gasteiger partial charge in [0.05, 0.1) is 26.2 Å². The number of para-hydroxylation sites is 1. The molecule has 4 rings (SSSR count). The second kappa shape index (κ2) is 6.96. The Hall–Kier alpha value is -2.59. The maximum Gasteiger partial charge on any atom is 0.336 e. The lowest BCUT2D eigenvalue weighted by molar-refractivity contribution is -0.914. The fraction of sp³-hybridized carbons (Fsp3) is 0.318. The smallest absolute Gasteiger partial charge is 0.336 e. The normalized spacial score (nSPS) is 15.5. The lowest BCUT2D eigenvalue weighted by atomic mass is 10.0. The van der Waals surface area contributed by atoms with Crippen molar-refractivity contribution in [3.05, 3.63) is 75.6 Å². The predicted molar refractivity (Wildman–Crippen MR) is 105 cm³/mol. The lowest BCUT2D eigenvalue weighted by Gasteiger charge is -2.33. The van der Waals surface area contributed by atoms with Crippen molar-refractivity contribution < 1.29 is 9.32 Å². The van der Waals surface area contributed by atoms with Gasteiger partial charge < -0.3 is 14.2 Å². The highest BCUT2D eigenvalue weighted by molar-refractivity contribution is 5.83. The van der Waals surface area contributed by atoms with Gasteiger partial charge in [0, 0.05) is 22.7 Å². The summed E-state index contributed by atoms with van der Waals surface area (Å²) in [6, 6.07) is 16.5. The van der Waals surface area contributed by atoms with Crippen molar-refractivity contribution in [3.63, 3.8) is 0 Å². The number of benzene rings is 2. The monoisotopic (exact) mass is 349 g/mol. The van der Waals surface area contributed by atoms with Crippen molar-refractivity contribution in [2.24, 2.45) is 0 Å². The van der Waals surface area contributed by atoms with Crippen LogP contribution in [0, 0.1) is 13.8 Å². The molecule has 0 bridgehead atoms. The van der Waals surface area contributed by atoms with Gasteiger partial charge in [-0.1, -0.05) is 24.3 Å². The lowest BCUT2D eigenvalue weighted by Crippen LogP contribution is -3.13. The highest BCUT2D eigenvalue weighted by atomic mass is 16.4. The van der Waals surface area contributed by atoms with E-state index in [1.165, 1.54) is 16.2 Å². The summed E-state index contributed by atoms with van der Waals surface area (Å²) in [5.74, 6) is 0. The minimum absolute atomic E-state index is 0.248. The summed E-state index contributed by atoms with van der Waals surface area (Å²) in [5, 5.41) is 1.08. The Morgan fingerprint density at radius 3 is 2.50 bits per heavy atom. The molecule has 26 heavy (non-hydrogen) atoms. The molecule has 0 saturated carbocycles. The van der Waals surface area contributed by atoms with Crippen LogP contribution >= 0.6 is 0 Å². The molecule has 1 fully saturated rings. The highest BCUT2D eigenvalue weighted by Crippen LogP contribution is 2.22. The molecule has 0 spiro atoms. The number of hydrogen-bond donors (Lipinski definition) is 1. The quantitative estimate of drug-likeness (QED) is 0.738. The van der Waals surface area contributed by atoms with Crippen LogP contribution in [0.1, 0.15) is 16.7 Å². The van der Waals surface area contributed by atoms with Crippen LogP contribution in [0.5, 0.6) is 0 Å². The van der Waals surface area contributed by atoms with Crippen LogP contribution in [0.3, 0.4) is 0 Å². The van der Waals surface area contributed by atoms with E-state index in [1.807, 2.05) is 6.92 Å². The van der Waals surface area contributed by atoms with Crippen LogP contribution in [0.2, 0.25) is 0 Å². The van der Waals surface area contributed by atoms with E-state index in [9.17, 15) is 4.79 Å². The first kappa shape index (κ1) is 16.9. The third-order valence-electron chi connectivity index (χ3n) is 5.29. The third-order valence-corrected chi connectivity index (χ3v) is 5.29. The Kier molecular flexibility index (Phi) is 4.51. The number of piperazine rings is 1. The molecule has 2 aromatic carbocycles. The van der Waals surface area contributed by atoms with Crippen LogP contribution in [-0.2, 0) is 6.54 Å². The first-order valence-corrected chi connectivity index (χ1v) is 9.28. The van der Waals surface area contributed by atoms with Crippen LogP contribution in [-0.4, -0.2) is 26.2 Å². The average Bonchev–Trinajstić information content (AvgIpc) is 2.64. The molecule has 1 saturated heterocycles. The Labute approximate surface area is 153 Å². The van der Waals surface area contributed by atoms with Crippen molar-refractivity contribution in [2.45, 2.75) is 20.4 Å². The van der Waals surface area contributed by atoms with E-state index in [1.54, 1.807) is 6.07 Å². The number of hydrogen-bond acceptors (Lipinski definition) is 3. The second-order valence-corrected chi connectivity index (χ2v) is 7.30. The zero-order chi connectivity index (χ0) is 18.1. The van der Waals surface area contributed by atoms with Gasteiger partial charge in [0.15, 0.2) is 0 Å². The molecule has 0 aliphatic carbocycles. The standard InChI is InChI=1S/C22H24N2O2/c1-16-12-17(2)22-20(13-16)18(14-21(25)26-22)15-23-8-10-24(11-9-23)19-6-4-3-5-7-19/h3-7,12-14H,8-11,15H2,1-2H3/p+1. The number of quaternary nitrogens is 1. The van der Waals surface area contributed by atoms with E-state index in [4.69, 9.17) is 4.42 Å². The van der Waals surface area contributed by atoms with Gasteiger partial charge in [-0.25, -0.2) is 4.79 Å². The Morgan fingerprint density at radius 2 is 1.77 bits per heavy atom. The minimum atomic E-state index is -0.248. The minimum Gasteiger partial charge on any atom is -0.422 e. The fourth-order valence-corrected chi connectivity index (χ4v) is 3.99. The van der Waals surface area contributed by atoms with E-state index in [0.29, 0.717) is 0 Å². The van der Waals surface area contributed by atoms with Gasteiger partial charge in [-0.3, -0.25) is 0 Å². The van der Waals surface area contributed by atoms with Crippen molar-refractivity contribution in [1.82, 2.24) is 0 Å². The number of nitrogens with zero attached hydrogens (tertiary/aromatic N) is 1. The Morgan fingerprint density at radius 1 is 1.04 bits per heavy atom. The zero-order valence-corrected chi connectivity index (χ0v) is 15.4. The maximum atomic E-state index is 12.0. The van der Waals surface area contributed by atoms with E-state index in [-0.39, 0.29) is 5.63 Å². The van der Waals surface area contributed by atoms with Crippen LogP contribution in [0.25, 0.3) is 11.0 Å². The number of anilines is 1. The van der Waals surface area contributed by atoms with Gasteiger partial charge in [-0.15, -0.1) is 0 Å². The highest BCUT2D eigenvalue weighted by Gasteiger charge is 2.21. The van der Waals surface area contributed by atoms with Crippen molar-refractivity contribution in [2.75, 3.05) is 31.1 Å². The summed E-state index contributed by atoms with van der Waals surface area (Å²) in [6.45, 7) is 9.18. The Balaban J connectivity index is 1.54. The summed E-state index contributed by atoms with van der Waals surface area (Å²) in [4.78, 5) is 16.0. The molecule has 1 N–H and O–H groups in total. The van der Waals surface area contributed by atoms with Crippen molar-refractivity contribution in [1.29, 1.82) is 0 Å². The molecule has 0 radical (unpaired) electrons. The molecule has 1 aliphatic rings. The van der Waals surface area contributed by atoms with Crippen LogP contribution in [0.15, 0.2) is 57.7 Å². The largest absolute Gasteiger partial charge is 0.422 e. The van der Waals surface area contributed by atoms with Gasteiger partial charge in [0.25, 0.3) is 0 Å². The molecule has 1 aromatic heterocycles. The number of nitrogens with one attached hydrogen (secondary N) is 1. The molecule has 0 atom stereocenters. The molecule has 134 valence electrons. The summed E-state index contributed by atoms with van der Waals surface area (Å²) in [7, 11) is 0. The molecular weight excluding hydrogens is 324 g/mol. The molecule has 2 heterocycles. The molecule has 4 nitrogen and oxygen atoms in total. The van der Waals surface area contributed by atoms with Gasteiger partial charge in [0.2, 0.25) is 0 Å². The van der Waals surface area contributed by atoms with Gasteiger partial charge in [-0.2, -0.15) is 0 Å². The van der Waals surface area contributed by atoms with E-state index in [0.717, 1.165) is 54.8 Å². The first-order chi connectivity index (χ1) is 12.6. The average molecular weight is 349 g/mol. The molecule has 0 amide bonds. The fourth-order valence-electron chi connectivity index (χ4n) is 3.99. The van der Waals surface area contributed by atoms with Crippen molar-refractivity contribution in [3.8, 4) is 0 Å². The summed E-state index contributed by atoms with van der Waals surface area (Å²) < 4.78 is 5.48. The maximum absolute atomic E-state index is 12.0.